The van der Waals surface area contributed by atoms with Crippen molar-refractivity contribution >= 4 is 33.4 Å². The Kier molecular flexibility index (Phi) is 3.55. The van der Waals surface area contributed by atoms with Crippen molar-refractivity contribution in [2.24, 2.45) is 0 Å². The van der Waals surface area contributed by atoms with Gasteiger partial charge in [-0.25, -0.2) is 0 Å². The van der Waals surface area contributed by atoms with Crippen molar-refractivity contribution in [3.8, 4) is 0 Å². The molecule has 1 aliphatic rings. The molecular formula is C12H13BrClNO. The van der Waals surface area contributed by atoms with Gasteiger partial charge in [-0.1, -0.05) is 11.6 Å². The maximum Gasteiger partial charge on any atom is 0.254 e. The molecule has 4 heteroatoms. The van der Waals surface area contributed by atoms with Crippen LogP contribution in [0.1, 0.15) is 30.1 Å². The van der Waals surface area contributed by atoms with E-state index in [2.05, 4.69) is 15.9 Å². The average Bonchev–Trinajstić information content (AvgIpc) is 3.07. The van der Waals surface area contributed by atoms with Crippen LogP contribution < -0.4 is 0 Å². The van der Waals surface area contributed by atoms with E-state index in [9.17, 15) is 4.79 Å². The van der Waals surface area contributed by atoms with Gasteiger partial charge in [-0.2, -0.15) is 0 Å². The van der Waals surface area contributed by atoms with Crippen molar-refractivity contribution in [2.45, 2.75) is 25.8 Å². The number of benzene rings is 1. The molecule has 1 aromatic carbocycles. The minimum atomic E-state index is 0.0828. The van der Waals surface area contributed by atoms with E-state index in [0.29, 0.717) is 16.6 Å². The summed E-state index contributed by atoms with van der Waals surface area (Å²) in [5.41, 5.74) is 0.668. The molecule has 1 aliphatic carbocycles. The average molecular weight is 303 g/mol. The summed E-state index contributed by atoms with van der Waals surface area (Å²) in [5.74, 6) is 0.0828. The van der Waals surface area contributed by atoms with E-state index in [1.165, 1.54) is 0 Å². The molecule has 0 radical (unpaired) electrons. The molecule has 0 spiro atoms. The highest BCUT2D eigenvalue weighted by Crippen LogP contribution is 2.29. The van der Waals surface area contributed by atoms with Gasteiger partial charge < -0.3 is 4.90 Å². The lowest BCUT2D eigenvalue weighted by Gasteiger charge is -2.20. The van der Waals surface area contributed by atoms with E-state index in [1.807, 2.05) is 24.0 Å². The lowest BCUT2D eigenvalue weighted by molar-refractivity contribution is 0.0752. The SMILES string of the molecule is CCN(C(=O)c1ccc(Br)c(Cl)c1)C1CC1. The first-order valence-electron chi connectivity index (χ1n) is 5.39. The number of amides is 1. The second kappa shape index (κ2) is 4.76. The third kappa shape index (κ3) is 2.41. The Morgan fingerprint density at radius 3 is 2.75 bits per heavy atom. The minimum Gasteiger partial charge on any atom is -0.336 e. The predicted molar refractivity (Wildman–Crippen MR) is 68.9 cm³/mol. The zero-order chi connectivity index (χ0) is 11.7. The van der Waals surface area contributed by atoms with Crippen LogP contribution in [0.5, 0.6) is 0 Å². The van der Waals surface area contributed by atoms with Crippen molar-refractivity contribution in [1.29, 1.82) is 0 Å². The molecule has 0 saturated heterocycles. The fourth-order valence-electron chi connectivity index (χ4n) is 1.75. The first-order valence-corrected chi connectivity index (χ1v) is 6.56. The fraction of sp³-hybridized carbons (Fsp3) is 0.417. The molecule has 0 bridgehead atoms. The molecule has 86 valence electrons. The molecule has 1 saturated carbocycles. The maximum atomic E-state index is 12.2. The molecule has 0 aliphatic heterocycles. The van der Waals surface area contributed by atoms with Gasteiger partial charge in [0, 0.05) is 22.6 Å². The molecule has 0 unspecified atom stereocenters. The zero-order valence-corrected chi connectivity index (χ0v) is 11.4. The van der Waals surface area contributed by atoms with Crippen molar-refractivity contribution in [1.82, 2.24) is 4.90 Å². The quantitative estimate of drug-likeness (QED) is 0.833. The van der Waals surface area contributed by atoms with Crippen molar-refractivity contribution in [3.05, 3.63) is 33.3 Å². The fourth-order valence-corrected chi connectivity index (χ4v) is 2.18. The lowest BCUT2D eigenvalue weighted by Crippen LogP contribution is -2.32. The van der Waals surface area contributed by atoms with Crippen LogP contribution in [0.15, 0.2) is 22.7 Å². The molecule has 0 N–H and O–H groups in total. The number of carbonyl (C=O) groups excluding carboxylic acids is 1. The van der Waals surface area contributed by atoms with E-state index in [4.69, 9.17) is 11.6 Å². The summed E-state index contributed by atoms with van der Waals surface area (Å²) in [6, 6.07) is 5.79. The minimum absolute atomic E-state index is 0.0828. The third-order valence-electron chi connectivity index (χ3n) is 2.76. The lowest BCUT2D eigenvalue weighted by atomic mass is 10.2. The van der Waals surface area contributed by atoms with Gasteiger partial charge in [-0.3, -0.25) is 4.79 Å². The van der Waals surface area contributed by atoms with Crippen LogP contribution in [0.2, 0.25) is 5.02 Å². The number of rotatable bonds is 3. The van der Waals surface area contributed by atoms with Gasteiger partial charge in [-0.05, 0) is 53.9 Å². The van der Waals surface area contributed by atoms with Crippen LogP contribution in [0.4, 0.5) is 0 Å². The van der Waals surface area contributed by atoms with Crippen LogP contribution in [-0.4, -0.2) is 23.4 Å². The van der Waals surface area contributed by atoms with Gasteiger partial charge in [0.2, 0.25) is 0 Å². The first-order chi connectivity index (χ1) is 7.63. The van der Waals surface area contributed by atoms with E-state index < -0.39 is 0 Å². The Morgan fingerprint density at radius 1 is 1.56 bits per heavy atom. The normalized spacial score (nSPS) is 14.9. The number of hydrogen-bond donors (Lipinski definition) is 0. The Bertz CT molecular complexity index is 417. The molecule has 2 nitrogen and oxygen atoms in total. The largest absolute Gasteiger partial charge is 0.336 e. The molecule has 0 heterocycles. The molecule has 1 amide bonds. The first kappa shape index (κ1) is 11.9. The van der Waals surface area contributed by atoms with E-state index in [0.717, 1.165) is 23.9 Å². The summed E-state index contributed by atoms with van der Waals surface area (Å²) >= 11 is 9.30. The van der Waals surface area contributed by atoms with Crippen LogP contribution in [0.25, 0.3) is 0 Å². The summed E-state index contributed by atoms with van der Waals surface area (Å²) in [7, 11) is 0. The highest BCUT2D eigenvalue weighted by Gasteiger charge is 2.31. The Balaban J connectivity index is 2.22. The van der Waals surface area contributed by atoms with Gasteiger partial charge >= 0.3 is 0 Å². The van der Waals surface area contributed by atoms with Gasteiger partial charge in [0.25, 0.3) is 5.91 Å². The van der Waals surface area contributed by atoms with Crippen LogP contribution >= 0.6 is 27.5 Å². The standard InChI is InChI=1S/C12H13BrClNO/c1-2-15(9-4-5-9)12(16)8-3-6-10(13)11(14)7-8/h3,6-7,9H,2,4-5H2,1H3. The zero-order valence-electron chi connectivity index (χ0n) is 9.04. The second-order valence-electron chi connectivity index (χ2n) is 3.95. The highest BCUT2D eigenvalue weighted by molar-refractivity contribution is 9.10. The predicted octanol–water partition coefficient (Wildman–Crippen LogP) is 3.73. The topological polar surface area (TPSA) is 20.3 Å². The molecule has 2 rings (SSSR count). The van der Waals surface area contributed by atoms with Gasteiger partial charge in [0.15, 0.2) is 0 Å². The monoisotopic (exact) mass is 301 g/mol. The van der Waals surface area contributed by atoms with E-state index in [1.54, 1.807) is 6.07 Å². The molecule has 0 atom stereocenters. The van der Waals surface area contributed by atoms with Crippen molar-refractivity contribution < 1.29 is 4.79 Å². The summed E-state index contributed by atoms with van der Waals surface area (Å²) < 4.78 is 0.820. The molecule has 1 fully saturated rings. The molecule has 1 aromatic rings. The Labute approximate surface area is 109 Å². The Hall–Kier alpha value is -0.540. The molecular weight excluding hydrogens is 289 g/mol. The molecule has 16 heavy (non-hydrogen) atoms. The summed E-state index contributed by atoms with van der Waals surface area (Å²) in [6.07, 6.45) is 2.26. The second-order valence-corrected chi connectivity index (χ2v) is 5.21. The van der Waals surface area contributed by atoms with E-state index in [-0.39, 0.29) is 5.91 Å². The van der Waals surface area contributed by atoms with Crippen LogP contribution in [-0.2, 0) is 0 Å². The van der Waals surface area contributed by atoms with Crippen molar-refractivity contribution in [3.63, 3.8) is 0 Å². The molecule has 0 aromatic heterocycles. The van der Waals surface area contributed by atoms with E-state index >= 15 is 0 Å². The summed E-state index contributed by atoms with van der Waals surface area (Å²) in [5, 5.41) is 0.581. The van der Waals surface area contributed by atoms with Gasteiger partial charge in [0.05, 0.1) is 5.02 Å². The highest BCUT2D eigenvalue weighted by atomic mass is 79.9. The van der Waals surface area contributed by atoms with Crippen LogP contribution in [0, 0.1) is 0 Å². The third-order valence-corrected chi connectivity index (χ3v) is 3.99. The maximum absolute atomic E-state index is 12.2. The number of halogens is 2. The smallest absolute Gasteiger partial charge is 0.254 e. The number of nitrogens with zero attached hydrogens (tertiary/aromatic N) is 1. The summed E-state index contributed by atoms with van der Waals surface area (Å²) in [6.45, 7) is 2.77. The summed E-state index contributed by atoms with van der Waals surface area (Å²) in [4.78, 5) is 14.1. The number of hydrogen-bond acceptors (Lipinski definition) is 1. The van der Waals surface area contributed by atoms with Crippen molar-refractivity contribution in [2.75, 3.05) is 6.54 Å². The Morgan fingerprint density at radius 2 is 2.25 bits per heavy atom. The number of carbonyl (C=O) groups is 1. The van der Waals surface area contributed by atoms with Crippen LogP contribution in [0.3, 0.4) is 0 Å². The van der Waals surface area contributed by atoms with Gasteiger partial charge in [-0.15, -0.1) is 0 Å². The van der Waals surface area contributed by atoms with Gasteiger partial charge in [0.1, 0.15) is 0 Å².